The van der Waals surface area contributed by atoms with Crippen LogP contribution in [0.25, 0.3) is 16.8 Å². The highest BCUT2D eigenvalue weighted by Gasteiger charge is 2.21. The summed E-state index contributed by atoms with van der Waals surface area (Å²) in [6.45, 7) is 2.11. The van der Waals surface area contributed by atoms with Gasteiger partial charge in [0.1, 0.15) is 5.70 Å². The van der Waals surface area contributed by atoms with Crippen LogP contribution in [0.1, 0.15) is 29.3 Å². The SMILES string of the molecule is CCC(Sc1cccc(NC(=O)/C(=C\c2cccc3ccccc23)NC(=O)c2ccccc2)c1)C(=O)Nc1ccc2c(c1)OCO2. The molecule has 3 amide bonds. The number of hydrogen-bond donors (Lipinski definition) is 3. The lowest BCUT2D eigenvalue weighted by Gasteiger charge is -2.16. The smallest absolute Gasteiger partial charge is 0.272 e. The predicted octanol–water partition coefficient (Wildman–Crippen LogP) is 7.49. The van der Waals surface area contributed by atoms with Gasteiger partial charge in [-0.1, -0.05) is 73.7 Å². The monoisotopic (exact) mass is 629 g/mol. The Bertz CT molecular complexity index is 1940. The molecule has 5 aromatic rings. The Morgan fingerprint density at radius 1 is 0.783 bits per heavy atom. The molecule has 0 aliphatic carbocycles. The van der Waals surface area contributed by atoms with Gasteiger partial charge in [-0.2, -0.15) is 0 Å². The maximum absolute atomic E-state index is 13.7. The van der Waals surface area contributed by atoms with Gasteiger partial charge in [-0.3, -0.25) is 14.4 Å². The maximum Gasteiger partial charge on any atom is 0.272 e. The third-order valence-corrected chi connectivity index (χ3v) is 8.68. The molecule has 8 nitrogen and oxygen atoms in total. The van der Waals surface area contributed by atoms with Crippen molar-refractivity contribution in [1.82, 2.24) is 5.32 Å². The summed E-state index contributed by atoms with van der Waals surface area (Å²) < 4.78 is 10.8. The summed E-state index contributed by atoms with van der Waals surface area (Å²) in [6, 6.07) is 35.0. The topological polar surface area (TPSA) is 106 Å². The van der Waals surface area contributed by atoms with Crippen molar-refractivity contribution in [2.45, 2.75) is 23.5 Å². The fourth-order valence-corrected chi connectivity index (χ4v) is 6.02. The summed E-state index contributed by atoms with van der Waals surface area (Å²) in [6.07, 6.45) is 2.27. The Morgan fingerprint density at radius 3 is 2.37 bits per heavy atom. The molecule has 1 aliphatic rings. The molecule has 0 radical (unpaired) electrons. The molecule has 0 bridgehead atoms. The molecule has 0 aromatic heterocycles. The van der Waals surface area contributed by atoms with Crippen LogP contribution in [0, 0.1) is 0 Å². The van der Waals surface area contributed by atoms with E-state index in [1.807, 2.05) is 73.7 Å². The van der Waals surface area contributed by atoms with Crippen molar-refractivity contribution in [2.24, 2.45) is 0 Å². The van der Waals surface area contributed by atoms with Gasteiger partial charge in [-0.25, -0.2) is 0 Å². The number of thioether (sulfide) groups is 1. The van der Waals surface area contributed by atoms with E-state index in [9.17, 15) is 14.4 Å². The molecule has 0 spiro atoms. The fraction of sp³-hybridized carbons (Fsp3) is 0.108. The normalized spacial score (nSPS) is 12.8. The zero-order valence-electron chi connectivity index (χ0n) is 25.0. The second-order valence-electron chi connectivity index (χ2n) is 10.5. The van der Waals surface area contributed by atoms with E-state index in [0.717, 1.165) is 21.2 Å². The highest BCUT2D eigenvalue weighted by Crippen LogP contribution is 2.35. The van der Waals surface area contributed by atoms with E-state index in [4.69, 9.17) is 9.47 Å². The highest BCUT2D eigenvalue weighted by molar-refractivity contribution is 8.00. The Labute approximate surface area is 270 Å². The quantitative estimate of drug-likeness (QED) is 0.109. The molecule has 1 unspecified atom stereocenters. The molecule has 0 saturated carbocycles. The van der Waals surface area contributed by atoms with Gasteiger partial charge in [-0.05, 0) is 71.3 Å². The van der Waals surface area contributed by atoms with Crippen LogP contribution in [0.15, 0.2) is 126 Å². The summed E-state index contributed by atoms with van der Waals surface area (Å²) in [4.78, 5) is 40.8. The van der Waals surface area contributed by atoms with Crippen molar-refractivity contribution in [3.8, 4) is 11.5 Å². The molecule has 0 fully saturated rings. The van der Waals surface area contributed by atoms with E-state index < -0.39 is 11.8 Å². The molecule has 1 aliphatic heterocycles. The van der Waals surface area contributed by atoms with Crippen molar-refractivity contribution in [1.29, 1.82) is 0 Å². The minimum Gasteiger partial charge on any atom is -0.454 e. The fourth-order valence-electron chi connectivity index (χ4n) is 5.00. The summed E-state index contributed by atoms with van der Waals surface area (Å²) in [7, 11) is 0. The number of fused-ring (bicyclic) bond motifs is 2. The van der Waals surface area contributed by atoms with E-state index in [1.54, 1.807) is 54.6 Å². The van der Waals surface area contributed by atoms with Crippen molar-refractivity contribution >= 4 is 57.7 Å². The molecule has 6 rings (SSSR count). The van der Waals surface area contributed by atoms with Gasteiger partial charge >= 0.3 is 0 Å². The molecular weight excluding hydrogens is 598 g/mol. The third kappa shape index (κ3) is 7.22. The number of rotatable bonds is 10. The lowest BCUT2D eigenvalue weighted by atomic mass is 10.0. The molecule has 1 heterocycles. The van der Waals surface area contributed by atoms with E-state index in [0.29, 0.717) is 34.9 Å². The largest absolute Gasteiger partial charge is 0.454 e. The van der Waals surface area contributed by atoms with Gasteiger partial charge in [-0.15, -0.1) is 11.8 Å². The molecule has 1 atom stereocenters. The third-order valence-electron chi connectivity index (χ3n) is 7.33. The Morgan fingerprint density at radius 2 is 1.52 bits per heavy atom. The van der Waals surface area contributed by atoms with Crippen molar-refractivity contribution in [3.63, 3.8) is 0 Å². The first-order valence-corrected chi connectivity index (χ1v) is 15.7. The van der Waals surface area contributed by atoms with Crippen LogP contribution < -0.4 is 25.4 Å². The highest BCUT2D eigenvalue weighted by atomic mass is 32.2. The summed E-state index contributed by atoms with van der Waals surface area (Å²) >= 11 is 1.40. The summed E-state index contributed by atoms with van der Waals surface area (Å²) in [5.74, 6) is 0.214. The second kappa shape index (κ2) is 14.0. The van der Waals surface area contributed by atoms with Crippen molar-refractivity contribution in [3.05, 3.63) is 132 Å². The number of nitrogens with one attached hydrogen (secondary N) is 3. The van der Waals surface area contributed by atoms with Crippen LogP contribution in [0.3, 0.4) is 0 Å². The summed E-state index contributed by atoms with van der Waals surface area (Å²) in [5.41, 5.74) is 2.47. The van der Waals surface area contributed by atoms with Gasteiger partial charge < -0.3 is 25.4 Å². The van der Waals surface area contributed by atoms with Crippen LogP contribution in [0.2, 0.25) is 0 Å². The van der Waals surface area contributed by atoms with Gasteiger partial charge in [0.25, 0.3) is 11.8 Å². The van der Waals surface area contributed by atoms with Crippen LogP contribution in [0.5, 0.6) is 11.5 Å². The lowest BCUT2D eigenvalue weighted by Crippen LogP contribution is -2.30. The average Bonchev–Trinajstić information content (AvgIpc) is 3.55. The minimum atomic E-state index is -0.480. The van der Waals surface area contributed by atoms with E-state index in [2.05, 4.69) is 16.0 Å². The number of carbonyl (C=O) groups is 3. The number of hydrogen-bond acceptors (Lipinski definition) is 6. The van der Waals surface area contributed by atoms with Crippen LogP contribution in [-0.4, -0.2) is 29.8 Å². The predicted molar refractivity (Wildman–Crippen MR) is 182 cm³/mol. The number of benzene rings is 5. The van der Waals surface area contributed by atoms with Crippen LogP contribution >= 0.6 is 11.8 Å². The van der Waals surface area contributed by atoms with Gasteiger partial charge in [0.2, 0.25) is 12.7 Å². The second-order valence-corrected chi connectivity index (χ2v) is 11.8. The van der Waals surface area contributed by atoms with Gasteiger partial charge in [0, 0.05) is 27.9 Å². The van der Waals surface area contributed by atoms with Crippen molar-refractivity contribution < 1.29 is 23.9 Å². The zero-order chi connectivity index (χ0) is 31.9. The number of ether oxygens (including phenoxy) is 2. The zero-order valence-corrected chi connectivity index (χ0v) is 25.8. The Hall–Kier alpha value is -5.54. The minimum absolute atomic E-state index is 0.0952. The van der Waals surface area contributed by atoms with Gasteiger partial charge in [0.15, 0.2) is 11.5 Å². The average molecular weight is 630 g/mol. The van der Waals surface area contributed by atoms with E-state index in [-0.39, 0.29) is 23.6 Å². The molecule has 5 aromatic carbocycles. The lowest BCUT2D eigenvalue weighted by molar-refractivity contribution is -0.116. The molecule has 0 saturated heterocycles. The Kier molecular flexibility index (Phi) is 9.31. The Balaban J connectivity index is 1.20. The first-order chi connectivity index (χ1) is 22.5. The summed E-state index contributed by atoms with van der Waals surface area (Å²) in [5, 5.41) is 10.3. The van der Waals surface area contributed by atoms with Crippen LogP contribution in [0.4, 0.5) is 11.4 Å². The molecule has 46 heavy (non-hydrogen) atoms. The van der Waals surface area contributed by atoms with E-state index >= 15 is 0 Å². The number of carbonyl (C=O) groups excluding carboxylic acids is 3. The molecule has 230 valence electrons. The number of anilines is 2. The molecule has 9 heteroatoms. The van der Waals surface area contributed by atoms with Gasteiger partial charge in [0.05, 0.1) is 5.25 Å². The maximum atomic E-state index is 13.7. The number of amides is 3. The first-order valence-electron chi connectivity index (χ1n) is 14.8. The molecule has 3 N–H and O–H groups in total. The van der Waals surface area contributed by atoms with E-state index in [1.165, 1.54) is 11.8 Å². The van der Waals surface area contributed by atoms with Crippen molar-refractivity contribution in [2.75, 3.05) is 17.4 Å². The van der Waals surface area contributed by atoms with Crippen LogP contribution in [-0.2, 0) is 9.59 Å². The first kappa shape index (κ1) is 30.5. The standard InChI is InChI=1S/C37H31N3O5S/c1-2-34(37(43)39-28-18-19-32-33(22-28)45-23-44-32)46-29-16-9-15-27(21-29)38-36(42)31(40-35(41)25-11-4-3-5-12-25)20-26-14-8-13-24-10-6-7-17-30(24)26/h3-22,34H,2,23H2,1H3,(H,38,42)(H,39,43)(H,40,41)/b31-20+. The molecular formula is C37H31N3O5S.